The Morgan fingerprint density at radius 2 is 1.63 bits per heavy atom. The maximum absolute atomic E-state index is 13.0. The van der Waals surface area contributed by atoms with Crippen molar-refractivity contribution in [3.8, 4) is 0 Å². The molecule has 0 saturated carbocycles. The van der Waals surface area contributed by atoms with Crippen molar-refractivity contribution in [3.63, 3.8) is 0 Å². The largest absolute Gasteiger partial charge is 0.398 e. The van der Waals surface area contributed by atoms with Gasteiger partial charge in [0.25, 0.3) is 5.91 Å². The van der Waals surface area contributed by atoms with Gasteiger partial charge in [-0.15, -0.1) is 24.8 Å². The van der Waals surface area contributed by atoms with E-state index in [0.29, 0.717) is 6.54 Å². The van der Waals surface area contributed by atoms with E-state index in [1.165, 1.54) is 0 Å². The second-order valence-corrected chi connectivity index (χ2v) is 6.59. The average molecular weight is 410 g/mol. The predicted octanol–water partition coefficient (Wildman–Crippen LogP) is 4.31. The first-order valence-corrected chi connectivity index (χ1v) is 9.05. The Bertz CT molecular complexity index is 778. The van der Waals surface area contributed by atoms with Crippen molar-refractivity contribution in [1.29, 1.82) is 0 Å². The van der Waals surface area contributed by atoms with Crippen molar-refractivity contribution in [2.75, 3.05) is 31.9 Å². The van der Waals surface area contributed by atoms with E-state index in [-0.39, 0.29) is 36.8 Å². The number of carbonyl (C=O) groups excluding carboxylic acids is 1. The molecular formula is C21H29Cl2N3O. The highest BCUT2D eigenvalue weighted by Crippen LogP contribution is 2.40. The van der Waals surface area contributed by atoms with E-state index < -0.39 is 0 Å². The summed E-state index contributed by atoms with van der Waals surface area (Å²) in [7, 11) is 0. The van der Waals surface area contributed by atoms with Gasteiger partial charge in [-0.3, -0.25) is 4.79 Å². The molecular weight excluding hydrogens is 381 g/mol. The van der Waals surface area contributed by atoms with Gasteiger partial charge < -0.3 is 15.5 Å². The number of likely N-dealkylation sites (N-methyl/N-ethyl adjacent to an activating group) is 1. The van der Waals surface area contributed by atoms with Crippen molar-refractivity contribution in [3.05, 3.63) is 64.7 Å². The van der Waals surface area contributed by atoms with Gasteiger partial charge >= 0.3 is 0 Å². The molecule has 6 heteroatoms. The third kappa shape index (κ3) is 4.40. The minimum Gasteiger partial charge on any atom is -0.398 e. The van der Waals surface area contributed by atoms with E-state index in [1.54, 1.807) is 0 Å². The quantitative estimate of drug-likeness (QED) is 0.723. The molecule has 0 bridgehead atoms. The van der Waals surface area contributed by atoms with Crippen molar-refractivity contribution < 1.29 is 4.79 Å². The monoisotopic (exact) mass is 409 g/mol. The van der Waals surface area contributed by atoms with Crippen LogP contribution in [0.1, 0.15) is 46.9 Å². The summed E-state index contributed by atoms with van der Waals surface area (Å²) in [5, 5.41) is 0. The summed E-state index contributed by atoms with van der Waals surface area (Å²) in [5.74, 6) is 0.105. The second-order valence-electron chi connectivity index (χ2n) is 6.59. The molecule has 0 aliphatic carbocycles. The van der Waals surface area contributed by atoms with Crippen LogP contribution < -0.4 is 5.73 Å². The first kappa shape index (κ1) is 23.3. The van der Waals surface area contributed by atoms with Crippen LogP contribution in [0.2, 0.25) is 0 Å². The first-order chi connectivity index (χ1) is 12.1. The number of hydrogen-bond donors (Lipinski definition) is 1. The average Bonchev–Trinajstić information content (AvgIpc) is 2.91. The van der Waals surface area contributed by atoms with Gasteiger partial charge in [0.1, 0.15) is 0 Å². The summed E-state index contributed by atoms with van der Waals surface area (Å²) in [6.07, 6.45) is 0. The summed E-state index contributed by atoms with van der Waals surface area (Å²) < 4.78 is 0. The highest BCUT2D eigenvalue weighted by atomic mass is 35.5. The number of anilines is 1. The predicted molar refractivity (Wildman–Crippen MR) is 117 cm³/mol. The molecule has 0 spiro atoms. The summed E-state index contributed by atoms with van der Waals surface area (Å²) in [4.78, 5) is 17.4. The number of para-hydroxylation sites is 1. The van der Waals surface area contributed by atoms with Crippen LogP contribution in [0.5, 0.6) is 0 Å². The van der Waals surface area contributed by atoms with E-state index >= 15 is 0 Å². The molecule has 0 radical (unpaired) electrons. The Morgan fingerprint density at radius 3 is 2.30 bits per heavy atom. The van der Waals surface area contributed by atoms with Crippen LogP contribution in [0.3, 0.4) is 0 Å². The highest BCUT2D eigenvalue weighted by Gasteiger charge is 2.38. The van der Waals surface area contributed by atoms with Crippen LogP contribution in [-0.2, 0) is 0 Å². The van der Waals surface area contributed by atoms with E-state index in [1.807, 2.05) is 48.2 Å². The zero-order chi connectivity index (χ0) is 18.0. The lowest BCUT2D eigenvalue weighted by molar-refractivity contribution is 0.0730. The lowest BCUT2D eigenvalue weighted by Crippen LogP contribution is -2.37. The number of halogens is 2. The first-order valence-electron chi connectivity index (χ1n) is 9.05. The van der Waals surface area contributed by atoms with Crippen LogP contribution in [0, 0.1) is 6.92 Å². The number of fused-ring (bicyclic) bond motifs is 1. The lowest BCUT2D eigenvalue weighted by atomic mass is 9.95. The molecule has 4 nitrogen and oxygen atoms in total. The molecule has 1 aliphatic heterocycles. The minimum absolute atomic E-state index is 0. The van der Waals surface area contributed by atoms with E-state index in [4.69, 9.17) is 5.73 Å². The molecule has 1 aliphatic rings. The van der Waals surface area contributed by atoms with Gasteiger partial charge in [0.05, 0.1) is 6.04 Å². The number of amides is 1. The van der Waals surface area contributed by atoms with Gasteiger partial charge in [-0.2, -0.15) is 0 Å². The molecule has 1 atom stereocenters. The fourth-order valence-electron chi connectivity index (χ4n) is 3.67. The standard InChI is InChI=1S/C21H27N3O.2ClH/c1-4-23(5-2)13-14-24-20(18-12-8-9-15(3)19(18)22)16-10-6-7-11-17(16)21(24)25;;/h6-12,20H,4-5,13-14,22H2,1-3H3;2*1H. The van der Waals surface area contributed by atoms with Gasteiger partial charge in [0.15, 0.2) is 0 Å². The summed E-state index contributed by atoms with van der Waals surface area (Å²) in [5.41, 5.74) is 11.1. The van der Waals surface area contributed by atoms with Gasteiger partial charge in [-0.1, -0.05) is 50.2 Å². The lowest BCUT2D eigenvalue weighted by Gasteiger charge is -2.29. The number of rotatable bonds is 6. The maximum Gasteiger partial charge on any atom is 0.255 e. The Hall–Kier alpha value is -1.75. The van der Waals surface area contributed by atoms with Gasteiger partial charge in [-0.05, 0) is 37.2 Å². The smallest absolute Gasteiger partial charge is 0.255 e. The molecule has 2 aromatic carbocycles. The molecule has 1 unspecified atom stereocenters. The molecule has 0 saturated heterocycles. The number of aryl methyl sites for hydroxylation is 1. The Morgan fingerprint density at radius 1 is 1.00 bits per heavy atom. The zero-order valence-corrected chi connectivity index (χ0v) is 17.8. The normalized spacial score (nSPS) is 15.3. The summed E-state index contributed by atoms with van der Waals surface area (Å²) in [6.45, 7) is 9.87. The molecule has 148 valence electrons. The van der Waals surface area contributed by atoms with Crippen molar-refractivity contribution in [2.24, 2.45) is 0 Å². The molecule has 2 N–H and O–H groups in total. The SMILES string of the molecule is CCN(CC)CCN1C(=O)c2ccccc2C1c1cccc(C)c1N.Cl.Cl. The maximum atomic E-state index is 13.0. The Balaban J connectivity index is 0.00000182. The molecule has 1 amide bonds. The fourth-order valence-corrected chi connectivity index (χ4v) is 3.67. The number of carbonyl (C=O) groups is 1. The van der Waals surface area contributed by atoms with E-state index in [9.17, 15) is 4.79 Å². The molecule has 1 heterocycles. The number of nitrogens with two attached hydrogens (primary N) is 1. The van der Waals surface area contributed by atoms with Crippen LogP contribution in [-0.4, -0.2) is 41.9 Å². The van der Waals surface area contributed by atoms with Gasteiger partial charge in [-0.25, -0.2) is 0 Å². The van der Waals surface area contributed by atoms with Gasteiger partial charge in [0.2, 0.25) is 0 Å². The van der Waals surface area contributed by atoms with Crippen LogP contribution >= 0.6 is 24.8 Å². The number of benzene rings is 2. The van der Waals surface area contributed by atoms with Gasteiger partial charge in [0, 0.05) is 29.9 Å². The second kappa shape index (κ2) is 9.98. The Kier molecular flexibility index (Phi) is 8.60. The topological polar surface area (TPSA) is 49.6 Å². The van der Waals surface area contributed by atoms with Crippen molar-refractivity contribution in [2.45, 2.75) is 26.8 Å². The third-order valence-corrected chi connectivity index (χ3v) is 5.26. The highest BCUT2D eigenvalue weighted by molar-refractivity contribution is 6.00. The Labute approximate surface area is 174 Å². The van der Waals surface area contributed by atoms with Crippen LogP contribution in [0.4, 0.5) is 5.69 Å². The zero-order valence-electron chi connectivity index (χ0n) is 16.1. The van der Waals surface area contributed by atoms with E-state index in [0.717, 1.165) is 47.6 Å². The summed E-state index contributed by atoms with van der Waals surface area (Å²) >= 11 is 0. The minimum atomic E-state index is -0.0980. The molecule has 2 aromatic rings. The molecule has 0 aromatic heterocycles. The molecule has 0 fully saturated rings. The summed E-state index contributed by atoms with van der Waals surface area (Å²) in [6, 6.07) is 13.9. The number of nitrogen functional groups attached to an aromatic ring is 1. The number of nitrogens with zero attached hydrogens (tertiary/aromatic N) is 2. The fraction of sp³-hybridized carbons (Fsp3) is 0.381. The third-order valence-electron chi connectivity index (χ3n) is 5.26. The van der Waals surface area contributed by atoms with Crippen molar-refractivity contribution >= 4 is 36.4 Å². The van der Waals surface area contributed by atoms with Crippen LogP contribution in [0.15, 0.2) is 42.5 Å². The van der Waals surface area contributed by atoms with Crippen molar-refractivity contribution in [1.82, 2.24) is 9.80 Å². The van der Waals surface area contributed by atoms with E-state index in [2.05, 4.69) is 24.8 Å². The van der Waals surface area contributed by atoms with Crippen LogP contribution in [0.25, 0.3) is 0 Å². The molecule has 3 rings (SSSR count). The number of hydrogen-bond acceptors (Lipinski definition) is 3. The molecule has 27 heavy (non-hydrogen) atoms.